The molecule has 1 rings (SSSR count). The summed E-state index contributed by atoms with van der Waals surface area (Å²) in [5.41, 5.74) is 6.07. The number of aliphatic hydroxyl groups excluding tert-OH is 1. The lowest BCUT2D eigenvalue weighted by Gasteiger charge is -2.30. The first-order chi connectivity index (χ1) is 6.58. The van der Waals surface area contributed by atoms with E-state index >= 15 is 0 Å². The maximum absolute atomic E-state index is 9.88. The zero-order chi connectivity index (χ0) is 10.6. The molecule has 1 aliphatic carbocycles. The summed E-state index contributed by atoms with van der Waals surface area (Å²) in [6.07, 6.45) is 5.63. The molecule has 0 aliphatic heterocycles. The van der Waals surface area contributed by atoms with Crippen LogP contribution in [0.3, 0.4) is 0 Å². The monoisotopic (exact) mass is 200 g/mol. The molecule has 1 atom stereocenters. The van der Waals surface area contributed by atoms with Gasteiger partial charge in [-0.1, -0.05) is 12.8 Å². The van der Waals surface area contributed by atoms with Crippen LogP contribution in [0.5, 0.6) is 0 Å². The average Bonchev–Trinajstić information content (AvgIpc) is 2.52. The van der Waals surface area contributed by atoms with Gasteiger partial charge in [0.1, 0.15) is 0 Å². The lowest BCUT2D eigenvalue weighted by atomic mass is 9.80. The highest BCUT2D eigenvalue weighted by atomic mass is 16.3. The summed E-state index contributed by atoms with van der Waals surface area (Å²) in [5, 5.41) is 9.88. The Bertz CT molecular complexity index is 165. The second kappa shape index (κ2) is 5.10. The predicted octanol–water partition coefficient (Wildman–Crippen LogP) is 0.818. The van der Waals surface area contributed by atoms with Crippen molar-refractivity contribution in [2.45, 2.75) is 38.2 Å². The van der Waals surface area contributed by atoms with Gasteiger partial charge in [-0.2, -0.15) is 0 Å². The fourth-order valence-electron chi connectivity index (χ4n) is 2.60. The maximum Gasteiger partial charge on any atom is 0.0672 e. The number of likely N-dealkylation sites (N-methyl/N-ethyl adjacent to an activating group) is 1. The Hall–Kier alpha value is -0.120. The van der Waals surface area contributed by atoms with E-state index in [0.29, 0.717) is 0 Å². The van der Waals surface area contributed by atoms with E-state index in [1.54, 1.807) is 0 Å². The van der Waals surface area contributed by atoms with Gasteiger partial charge in [0.05, 0.1) is 6.10 Å². The molecular weight excluding hydrogens is 176 g/mol. The van der Waals surface area contributed by atoms with Crippen LogP contribution in [-0.4, -0.2) is 43.3 Å². The molecule has 1 aliphatic rings. The van der Waals surface area contributed by atoms with Gasteiger partial charge in [-0.05, 0) is 45.3 Å². The van der Waals surface area contributed by atoms with Crippen LogP contribution in [0.1, 0.15) is 32.1 Å². The summed E-state index contributed by atoms with van der Waals surface area (Å²) < 4.78 is 0. The number of nitrogens with two attached hydrogens (primary N) is 1. The minimum atomic E-state index is -0.216. The summed E-state index contributed by atoms with van der Waals surface area (Å²) in [6.45, 7) is 1.49. The minimum Gasteiger partial charge on any atom is -0.392 e. The van der Waals surface area contributed by atoms with E-state index in [4.69, 9.17) is 5.73 Å². The molecule has 0 amide bonds. The smallest absolute Gasteiger partial charge is 0.0672 e. The molecule has 0 radical (unpaired) electrons. The van der Waals surface area contributed by atoms with Crippen molar-refractivity contribution in [3.05, 3.63) is 0 Å². The SMILES string of the molecule is CN(C)C[C@@H](O)CC1(CN)CCCC1. The Kier molecular flexibility index (Phi) is 4.35. The average molecular weight is 200 g/mol. The van der Waals surface area contributed by atoms with Crippen molar-refractivity contribution >= 4 is 0 Å². The van der Waals surface area contributed by atoms with Gasteiger partial charge in [0.25, 0.3) is 0 Å². The lowest BCUT2D eigenvalue weighted by molar-refractivity contribution is 0.0793. The highest BCUT2D eigenvalue weighted by Gasteiger charge is 2.34. The van der Waals surface area contributed by atoms with E-state index in [2.05, 4.69) is 0 Å². The van der Waals surface area contributed by atoms with Crippen molar-refractivity contribution in [1.29, 1.82) is 0 Å². The van der Waals surface area contributed by atoms with Crippen LogP contribution in [0.15, 0.2) is 0 Å². The lowest BCUT2D eigenvalue weighted by Crippen LogP contribution is -2.36. The van der Waals surface area contributed by atoms with E-state index in [1.165, 1.54) is 25.7 Å². The Morgan fingerprint density at radius 1 is 1.36 bits per heavy atom. The van der Waals surface area contributed by atoms with Gasteiger partial charge < -0.3 is 15.7 Å². The third kappa shape index (κ3) is 3.23. The van der Waals surface area contributed by atoms with Gasteiger partial charge in [0.2, 0.25) is 0 Å². The van der Waals surface area contributed by atoms with E-state index in [-0.39, 0.29) is 11.5 Å². The molecule has 3 heteroatoms. The molecule has 0 aromatic heterocycles. The van der Waals surface area contributed by atoms with E-state index in [1.807, 2.05) is 19.0 Å². The van der Waals surface area contributed by atoms with Gasteiger partial charge in [-0.25, -0.2) is 0 Å². The summed E-state index contributed by atoms with van der Waals surface area (Å²) in [6, 6.07) is 0. The Balaban J connectivity index is 2.39. The zero-order valence-electron chi connectivity index (χ0n) is 9.50. The molecule has 3 N–H and O–H groups in total. The van der Waals surface area contributed by atoms with Crippen LogP contribution in [0.2, 0.25) is 0 Å². The first kappa shape index (κ1) is 12.0. The number of hydrogen-bond donors (Lipinski definition) is 2. The largest absolute Gasteiger partial charge is 0.392 e. The third-order valence-corrected chi connectivity index (χ3v) is 3.34. The van der Waals surface area contributed by atoms with Crippen molar-refractivity contribution in [1.82, 2.24) is 4.90 Å². The fourth-order valence-corrected chi connectivity index (χ4v) is 2.60. The van der Waals surface area contributed by atoms with Crippen LogP contribution in [0.4, 0.5) is 0 Å². The summed E-state index contributed by atoms with van der Waals surface area (Å²) in [7, 11) is 3.99. The number of hydrogen-bond acceptors (Lipinski definition) is 3. The standard InChI is InChI=1S/C11H24N2O/c1-13(2)8-10(14)7-11(9-12)5-3-4-6-11/h10,14H,3-9,12H2,1-2H3/t10-/m0/s1. The molecule has 0 heterocycles. The Labute approximate surface area is 87.3 Å². The Morgan fingerprint density at radius 2 is 1.93 bits per heavy atom. The highest BCUT2D eigenvalue weighted by Crippen LogP contribution is 2.40. The van der Waals surface area contributed by atoms with E-state index in [9.17, 15) is 5.11 Å². The molecule has 0 unspecified atom stereocenters. The number of rotatable bonds is 5. The summed E-state index contributed by atoms with van der Waals surface area (Å²) in [5.74, 6) is 0. The van der Waals surface area contributed by atoms with Gasteiger partial charge in [-0.3, -0.25) is 0 Å². The van der Waals surface area contributed by atoms with E-state index < -0.39 is 0 Å². The van der Waals surface area contributed by atoms with Crippen LogP contribution in [0.25, 0.3) is 0 Å². The van der Waals surface area contributed by atoms with Crippen LogP contribution >= 0.6 is 0 Å². The first-order valence-electron chi connectivity index (χ1n) is 5.61. The van der Waals surface area contributed by atoms with Gasteiger partial charge in [-0.15, -0.1) is 0 Å². The topological polar surface area (TPSA) is 49.5 Å². The molecule has 14 heavy (non-hydrogen) atoms. The molecule has 0 spiro atoms. The van der Waals surface area contributed by atoms with Crippen molar-refractivity contribution in [3.63, 3.8) is 0 Å². The summed E-state index contributed by atoms with van der Waals surface area (Å²) in [4.78, 5) is 2.03. The number of nitrogens with zero attached hydrogens (tertiary/aromatic N) is 1. The molecule has 84 valence electrons. The highest BCUT2D eigenvalue weighted by molar-refractivity contribution is 4.87. The van der Waals surface area contributed by atoms with Crippen molar-refractivity contribution in [2.75, 3.05) is 27.2 Å². The molecule has 1 saturated carbocycles. The second-order valence-electron chi connectivity index (χ2n) is 5.03. The zero-order valence-corrected chi connectivity index (χ0v) is 9.50. The van der Waals surface area contributed by atoms with Crippen LogP contribution < -0.4 is 5.73 Å². The van der Waals surface area contributed by atoms with Gasteiger partial charge in [0.15, 0.2) is 0 Å². The van der Waals surface area contributed by atoms with Gasteiger partial charge >= 0.3 is 0 Å². The molecular formula is C11H24N2O. The molecule has 0 saturated heterocycles. The molecule has 0 aromatic rings. The normalized spacial score (nSPS) is 22.9. The minimum absolute atomic E-state index is 0.216. The van der Waals surface area contributed by atoms with Gasteiger partial charge in [0, 0.05) is 6.54 Å². The van der Waals surface area contributed by atoms with Crippen molar-refractivity contribution in [2.24, 2.45) is 11.1 Å². The van der Waals surface area contributed by atoms with Crippen LogP contribution in [-0.2, 0) is 0 Å². The molecule has 3 nitrogen and oxygen atoms in total. The molecule has 0 aromatic carbocycles. The fraction of sp³-hybridized carbons (Fsp3) is 1.00. The predicted molar refractivity (Wildman–Crippen MR) is 59.1 cm³/mol. The number of aliphatic hydroxyl groups is 1. The summed E-state index contributed by atoms with van der Waals surface area (Å²) >= 11 is 0. The second-order valence-corrected chi connectivity index (χ2v) is 5.03. The third-order valence-electron chi connectivity index (χ3n) is 3.34. The van der Waals surface area contributed by atoms with Crippen LogP contribution in [0, 0.1) is 5.41 Å². The quantitative estimate of drug-likeness (QED) is 0.691. The van der Waals surface area contributed by atoms with Crippen molar-refractivity contribution in [3.8, 4) is 0 Å². The Morgan fingerprint density at radius 3 is 2.36 bits per heavy atom. The van der Waals surface area contributed by atoms with Crippen molar-refractivity contribution < 1.29 is 5.11 Å². The molecule has 1 fully saturated rings. The van der Waals surface area contributed by atoms with E-state index in [0.717, 1.165) is 19.5 Å². The molecule has 0 bridgehead atoms. The maximum atomic E-state index is 9.88. The first-order valence-corrected chi connectivity index (χ1v) is 5.61.